The largest absolute Gasteiger partial charge is 0.370 e. The molecule has 0 aliphatic heterocycles. The predicted octanol–water partition coefficient (Wildman–Crippen LogP) is 2.54. The van der Waals surface area contributed by atoms with E-state index in [2.05, 4.69) is 30.6 Å². The molecule has 0 saturated heterocycles. The number of pyridine rings is 2. The van der Waals surface area contributed by atoms with Crippen LogP contribution in [0.4, 0.5) is 11.6 Å². The Balaban J connectivity index is 1.53. The van der Waals surface area contributed by atoms with Crippen molar-refractivity contribution in [2.24, 2.45) is 0 Å². The molecule has 8 heteroatoms. The summed E-state index contributed by atoms with van der Waals surface area (Å²) in [5.74, 6) is 1.54. The van der Waals surface area contributed by atoms with Crippen LogP contribution in [-0.2, 0) is 11.2 Å². The van der Waals surface area contributed by atoms with Gasteiger partial charge in [0.1, 0.15) is 17.5 Å². The Morgan fingerprint density at radius 3 is 2.57 bits per heavy atom. The number of anilines is 2. The van der Waals surface area contributed by atoms with Crippen molar-refractivity contribution >= 4 is 17.5 Å². The number of aryl methyl sites for hydroxylation is 2. The monoisotopic (exact) mass is 378 g/mol. The fourth-order valence-corrected chi connectivity index (χ4v) is 2.52. The first kappa shape index (κ1) is 19.2. The third-order valence-electron chi connectivity index (χ3n) is 4.03. The molecule has 3 N–H and O–H groups in total. The van der Waals surface area contributed by atoms with Crippen LogP contribution in [0.3, 0.4) is 0 Å². The highest BCUT2D eigenvalue weighted by Crippen LogP contribution is 2.15. The molecule has 0 fully saturated rings. The van der Waals surface area contributed by atoms with Crippen LogP contribution in [0, 0.1) is 6.92 Å². The zero-order valence-electron chi connectivity index (χ0n) is 15.8. The van der Waals surface area contributed by atoms with Crippen LogP contribution in [-0.4, -0.2) is 32.4 Å². The minimum Gasteiger partial charge on any atom is -0.370 e. The first-order chi connectivity index (χ1) is 13.5. The van der Waals surface area contributed by atoms with E-state index in [4.69, 9.17) is 0 Å². The molecule has 0 aromatic carbocycles. The first-order valence-electron chi connectivity index (χ1n) is 9.06. The lowest BCUT2D eigenvalue weighted by Crippen LogP contribution is -2.17. The highest BCUT2D eigenvalue weighted by molar-refractivity contribution is 5.90. The molecule has 0 bridgehead atoms. The minimum atomic E-state index is -0.182. The predicted molar refractivity (Wildman–Crippen MR) is 108 cm³/mol. The van der Waals surface area contributed by atoms with E-state index in [0.29, 0.717) is 30.4 Å². The van der Waals surface area contributed by atoms with Crippen molar-refractivity contribution in [2.75, 3.05) is 17.2 Å². The van der Waals surface area contributed by atoms with E-state index < -0.39 is 0 Å². The lowest BCUT2D eigenvalue weighted by Gasteiger charge is -2.08. The number of hydrogen-bond donors (Lipinski definition) is 3. The second-order valence-corrected chi connectivity index (χ2v) is 6.32. The van der Waals surface area contributed by atoms with Gasteiger partial charge < -0.3 is 15.6 Å². The molecular formula is C20H22N6O2. The molecule has 1 amide bonds. The second kappa shape index (κ2) is 8.90. The molecule has 0 spiro atoms. The minimum absolute atomic E-state index is 0.126. The summed E-state index contributed by atoms with van der Waals surface area (Å²) in [6.07, 6.45) is 4.31. The number of carbonyl (C=O) groups is 1. The van der Waals surface area contributed by atoms with Crippen molar-refractivity contribution in [2.45, 2.75) is 26.7 Å². The van der Waals surface area contributed by atoms with Crippen LogP contribution in [0.2, 0.25) is 0 Å². The number of hydrogen-bond acceptors (Lipinski definition) is 6. The van der Waals surface area contributed by atoms with E-state index in [1.165, 1.54) is 6.07 Å². The van der Waals surface area contributed by atoms with Gasteiger partial charge in [0, 0.05) is 42.7 Å². The molecular weight excluding hydrogens is 356 g/mol. The van der Waals surface area contributed by atoms with Gasteiger partial charge in [0.2, 0.25) is 5.91 Å². The SMILES string of the molecule is CCc1cc(=O)[nH]c(-c2ccc(NCCC(=O)Nc3ccc(C)cn3)nc2)n1. The van der Waals surface area contributed by atoms with Gasteiger partial charge >= 0.3 is 0 Å². The fourth-order valence-electron chi connectivity index (χ4n) is 2.52. The van der Waals surface area contributed by atoms with Crippen molar-refractivity contribution in [3.05, 3.63) is 64.3 Å². The van der Waals surface area contributed by atoms with Crippen molar-refractivity contribution in [1.82, 2.24) is 19.9 Å². The van der Waals surface area contributed by atoms with Crippen LogP contribution in [0.25, 0.3) is 11.4 Å². The summed E-state index contributed by atoms with van der Waals surface area (Å²) < 4.78 is 0. The zero-order valence-corrected chi connectivity index (χ0v) is 15.8. The van der Waals surface area contributed by atoms with E-state index in [-0.39, 0.29) is 17.9 Å². The molecule has 28 heavy (non-hydrogen) atoms. The molecule has 3 aromatic rings. The molecule has 144 valence electrons. The summed E-state index contributed by atoms with van der Waals surface area (Å²) in [5.41, 5.74) is 2.31. The molecule has 0 atom stereocenters. The zero-order chi connectivity index (χ0) is 19.9. The van der Waals surface area contributed by atoms with E-state index in [1.807, 2.05) is 26.0 Å². The maximum Gasteiger partial charge on any atom is 0.251 e. The van der Waals surface area contributed by atoms with Gasteiger partial charge in [-0.05, 0) is 37.1 Å². The highest BCUT2D eigenvalue weighted by Gasteiger charge is 2.06. The highest BCUT2D eigenvalue weighted by atomic mass is 16.1. The number of nitrogens with zero attached hydrogens (tertiary/aromatic N) is 3. The Labute approximate surface area is 162 Å². The van der Waals surface area contributed by atoms with Crippen LogP contribution >= 0.6 is 0 Å². The van der Waals surface area contributed by atoms with Gasteiger partial charge in [0.15, 0.2) is 0 Å². The Bertz CT molecular complexity index is 996. The van der Waals surface area contributed by atoms with E-state index >= 15 is 0 Å². The van der Waals surface area contributed by atoms with Gasteiger partial charge in [0.25, 0.3) is 5.56 Å². The van der Waals surface area contributed by atoms with Gasteiger partial charge in [-0.15, -0.1) is 0 Å². The Hall–Kier alpha value is -3.55. The van der Waals surface area contributed by atoms with Crippen molar-refractivity contribution in [1.29, 1.82) is 0 Å². The number of H-pyrrole nitrogens is 1. The van der Waals surface area contributed by atoms with E-state index in [9.17, 15) is 9.59 Å². The number of nitrogens with one attached hydrogen (secondary N) is 3. The van der Waals surface area contributed by atoms with Crippen LogP contribution in [0.1, 0.15) is 24.6 Å². The average Bonchev–Trinajstić information content (AvgIpc) is 2.70. The fraction of sp³-hybridized carbons (Fsp3) is 0.250. The smallest absolute Gasteiger partial charge is 0.251 e. The summed E-state index contributed by atoms with van der Waals surface area (Å²) in [6, 6.07) is 8.76. The van der Waals surface area contributed by atoms with Gasteiger partial charge in [-0.25, -0.2) is 15.0 Å². The molecule has 0 aliphatic carbocycles. The molecule has 3 heterocycles. The maximum absolute atomic E-state index is 12.0. The number of aromatic amines is 1. The Kier molecular flexibility index (Phi) is 6.11. The lowest BCUT2D eigenvalue weighted by molar-refractivity contribution is -0.116. The number of amides is 1. The molecule has 3 rings (SSSR count). The van der Waals surface area contributed by atoms with Crippen molar-refractivity contribution < 1.29 is 4.79 Å². The average molecular weight is 378 g/mol. The first-order valence-corrected chi connectivity index (χ1v) is 9.06. The van der Waals surface area contributed by atoms with Gasteiger partial charge in [0.05, 0.1) is 0 Å². The molecule has 0 aliphatic rings. The molecule has 3 aromatic heterocycles. The van der Waals surface area contributed by atoms with Gasteiger partial charge in [-0.3, -0.25) is 9.59 Å². The second-order valence-electron chi connectivity index (χ2n) is 6.32. The van der Waals surface area contributed by atoms with Gasteiger partial charge in [-0.1, -0.05) is 13.0 Å². The van der Waals surface area contributed by atoms with Crippen LogP contribution in [0.15, 0.2) is 47.5 Å². The van der Waals surface area contributed by atoms with Crippen molar-refractivity contribution in [3.63, 3.8) is 0 Å². The summed E-state index contributed by atoms with van der Waals surface area (Å²) in [5, 5.41) is 5.85. The standard InChI is InChI=1S/C20H22N6O2/c1-3-15-10-19(28)26-20(24-15)14-5-7-16(23-12-14)21-9-8-18(27)25-17-6-4-13(2)11-22-17/h4-7,10-12H,3,8-9H2,1-2H3,(H,21,23)(H,22,25,27)(H,24,26,28). The topological polar surface area (TPSA) is 113 Å². The van der Waals surface area contributed by atoms with E-state index in [0.717, 1.165) is 16.8 Å². The van der Waals surface area contributed by atoms with Crippen molar-refractivity contribution in [3.8, 4) is 11.4 Å². The number of carbonyl (C=O) groups excluding carboxylic acids is 1. The summed E-state index contributed by atoms with van der Waals surface area (Å²) in [4.78, 5) is 39.2. The quantitative estimate of drug-likeness (QED) is 0.582. The Morgan fingerprint density at radius 1 is 1.11 bits per heavy atom. The lowest BCUT2D eigenvalue weighted by atomic mass is 10.2. The summed E-state index contributed by atoms with van der Waals surface area (Å²) in [6.45, 7) is 4.32. The number of aromatic nitrogens is 4. The van der Waals surface area contributed by atoms with Gasteiger partial charge in [-0.2, -0.15) is 0 Å². The molecule has 0 radical (unpaired) electrons. The summed E-state index contributed by atoms with van der Waals surface area (Å²) >= 11 is 0. The number of rotatable bonds is 7. The summed E-state index contributed by atoms with van der Waals surface area (Å²) in [7, 11) is 0. The van der Waals surface area contributed by atoms with Crippen LogP contribution < -0.4 is 16.2 Å². The third-order valence-corrected chi connectivity index (χ3v) is 4.03. The Morgan fingerprint density at radius 2 is 1.89 bits per heavy atom. The molecule has 0 saturated carbocycles. The normalized spacial score (nSPS) is 10.5. The van der Waals surface area contributed by atoms with Crippen LogP contribution in [0.5, 0.6) is 0 Å². The van der Waals surface area contributed by atoms with E-state index in [1.54, 1.807) is 24.5 Å². The maximum atomic E-state index is 12.0. The molecule has 0 unspecified atom stereocenters. The molecule has 8 nitrogen and oxygen atoms in total. The third kappa shape index (κ3) is 5.23.